The molecule has 2 heterocycles. The van der Waals surface area contributed by atoms with Gasteiger partial charge >= 0.3 is 79.9 Å². The summed E-state index contributed by atoms with van der Waals surface area (Å²) in [5.41, 5.74) is 3.95. The summed E-state index contributed by atoms with van der Waals surface area (Å²) in [5, 5.41) is 7.58. The minimum Gasteiger partial charge on any atom is -0.726 e. The topological polar surface area (TPSA) is 260 Å². The van der Waals surface area contributed by atoms with Gasteiger partial charge in [-0.3, -0.25) is 17.5 Å². The van der Waals surface area contributed by atoms with Gasteiger partial charge in [0.25, 0.3) is 0 Å². The molecule has 0 amide bonds. The zero-order valence-corrected chi connectivity index (χ0v) is 32.8. The van der Waals surface area contributed by atoms with E-state index in [2.05, 4.69) is 16.7 Å². The van der Waals surface area contributed by atoms with Crippen LogP contribution >= 0.6 is 22.7 Å². The minimum absolute atomic E-state index is 0. The summed E-state index contributed by atoms with van der Waals surface area (Å²) in [4.78, 5) is 0. The molecule has 0 aliphatic carbocycles. The molecule has 2 rings (SSSR count). The van der Waals surface area contributed by atoms with Crippen molar-refractivity contribution in [2.45, 2.75) is 58.8 Å². The van der Waals surface area contributed by atoms with Crippen LogP contribution < -0.4 is 59.1 Å². The molecule has 24 heteroatoms. The summed E-state index contributed by atoms with van der Waals surface area (Å²) in [6.07, 6.45) is 3.81. The van der Waals surface area contributed by atoms with Crippen LogP contribution in [-0.4, -0.2) is 78.3 Å². The Morgan fingerprint density at radius 3 is 0.933 bits per heavy atom. The quantitative estimate of drug-likeness (QED) is 0.0571. The standard InChI is InChI=1S/2C10H16O8S3.CH4.2Na/c2*11-20(12,13)17-5-1-3-9-7-19-8-10(9)4-2-6-18-21(14,15)16;;;/h2*7-8H,1-6H2,(H,11,12,13)(H,14,15,16);1H4;;/q;;;2*+1/p-2. The normalized spacial score (nSPS) is 11.8. The number of aryl methyl sites for hydroxylation is 4. The van der Waals surface area contributed by atoms with Gasteiger partial charge in [-0.2, -0.15) is 39.5 Å². The van der Waals surface area contributed by atoms with E-state index in [0.29, 0.717) is 51.4 Å². The molecule has 0 spiro atoms. The number of hydrogen-bond donors (Lipinski definition) is 2. The molecule has 0 fully saturated rings. The van der Waals surface area contributed by atoms with Crippen molar-refractivity contribution in [3.05, 3.63) is 43.8 Å². The molecule has 45 heavy (non-hydrogen) atoms. The molecule has 2 N–H and O–H groups in total. The van der Waals surface area contributed by atoms with Crippen LogP contribution in [-0.2, 0) is 84.0 Å². The van der Waals surface area contributed by atoms with Gasteiger partial charge in [0.1, 0.15) is 0 Å². The second-order valence-electron chi connectivity index (χ2n) is 8.22. The van der Waals surface area contributed by atoms with Crippen LogP contribution in [0.2, 0.25) is 0 Å². The summed E-state index contributed by atoms with van der Waals surface area (Å²) >= 11 is 2.93. The van der Waals surface area contributed by atoms with Gasteiger partial charge in [-0.25, -0.2) is 25.2 Å². The molecule has 252 valence electrons. The second-order valence-corrected chi connectivity index (χ2v) is 14.0. The molecule has 2 aromatic rings. The van der Waals surface area contributed by atoms with Crippen molar-refractivity contribution in [1.29, 1.82) is 0 Å². The summed E-state index contributed by atoms with van der Waals surface area (Å²) in [5.74, 6) is 0. The van der Waals surface area contributed by atoms with E-state index in [1.807, 2.05) is 21.5 Å². The molecule has 0 unspecified atom stereocenters. The van der Waals surface area contributed by atoms with Crippen LogP contribution in [0, 0.1) is 0 Å². The Morgan fingerprint density at radius 2 is 0.733 bits per heavy atom. The van der Waals surface area contributed by atoms with Crippen LogP contribution in [0.15, 0.2) is 21.5 Å². The van der Waals surface area contributed by atoms with Gasteiger partial charge in [-0.15, -0.1) is 0 Å². The van der Waals surface area contributed by atoms with Gasteiger partial charge in [0.05, 0.1) is 26.4 Å². The predicted molar refractivity (Wildman–Crippen MR) is 155 cm³/mol. The summed E-state index contributed by atoms with van der Waals surface area (Å²) < 4.78 is 136. The average Bonchev–Trinajstić information content (AvgIpc) is 3.47. The van der Waals surface area contributed by atoms with Gasteiger partial charge in [0, 0.05) is 0 Å². The molecular formula is C21H34Na2O16S6. The van der Waals surface area contributed by atoms with Crippen molar-refractivity contribution in [2.24, 2.45) is 0 Å². The van der Waals surface area contributed by atoms with Crippen molar-refractivity contribution >= 4 is 64.3 Å². The molecule has 0 saturated heterocycles. The van der Waals surface area contributed by atoms with Gasteiger partial charge in [-0.1, -0.05) is 7.43 Å². The van der Waals surface area contributed by atoms with Gasteiger partial charge < -0.3 is 9.11 Å². The van der Waals surface area contributed by atoms with E-state index in [9.17, 15) is 42.8 Å². The van der Waals surface area contributed by atoms with Crippen LogP contribution in [0.25, 0.3) is 0 Å². The van der Waals surface area contributed by atoms with E-state index in [0.717, 1.165) is 22.3 Å². The SMILES string of the molecule is C.O=S(=O)(O)OCCCc1cscc1CCCOS(=O)(=O)O.O=S(=O)([O-])OCCCc1cscc1CCCOS(=O)(=O)[O-].[Na+].[Na+]. The van der Waals surface area contributed by atoms with Crippen molar-refractivity contribution in [3.63, 3.8) is 0 Å². The third kappa shape index (κ3) is 29.5. The first kappa shape index (κ1) is 50.3. The van der Waals surface area contributed by atoms with E-state index >= 15 is 0 Å². The molecule has 0 bridgehead atoms. The monoisotopic (exact) mass is 780 g/mol. The molecule has 0 saturated carbocycles. The van der Waals surface area contributed by atoms with Crippen LogP contribution in [0.4, 0.5) is 0 Å². The first-order valence-corrected chi connectivity index (χ1v) is 19.1. The van der Waals surface area contributed by atoms with Gasteiger partial charge in [0.15, 0.2) is 0 Å². The maximum atomic E-state index is 10.4. The number of thiophene rings is 2. The summed E-state index contributed by atoms with van der Waals surface area (Å²) in [6.45, 7) is -0.586. The summed E-state index contributed by atoms with van der Waals surface area (Å²) in [6, 6.07) is 0. The molecule has 0 aromatic carbocycles. The second kappa shape index (κ2) is 24.9. The fraction of sp³-hybridized carbons (Fsp3) is 0.619. The summed E-state index contributed by atoms with van der Waals surface area (Å²) in [7, 11) is -18.1. The van der Waals surface area contributed by atoms with Crippen LogP contribution in [0.5, 0.6) is 0 Å². The fourth-order valence-electron chi connectivity index (χ4n) is 3.28. The van der Waals surface area contributed by atoms with E-state index in [1.54, 1.807) is 0 Å². The average molecular weight is 781 g/mol. The maximum absolute atomic E-state index is 10.4. The van der Waals surface area contributed by atoms with Gasteiger partial charge in [0.2, 0.25) is 20.8 Å². The molecule has 0 aliphatic heterocycles. The Morgan fingerprint density at radius 1 is 0.511 bits per heavy atom. The van der Waals surface area contributed by atoms with Crippen molar-refractivity contribution < 1.29 is 128 Å². The zero-order chi connectivity index (χ0) is 31.9. The number of rotatable bonds is 20. The molecule has 0 radical (unpaired) electrons. The van der Waals surface area contributed by atoms with Crippen LogP contribution in [0.1, 0.15) is 55.4 Å². The van der Waals surface area contributed by atoms with Crippen molar-refractivity contribution in [1.82, 2.24) is 0 Å². The van der Waals surface area contributed by atoms with Crippen molar-refractivity contribution in [3.8, 4) is 0 Å². The van der Waals surface area contributed by atoms with E-state index in [4.69, 9.17) is 9.11 Å². The zero-order valence-electron chi connectivity index (χ0n) is 23.9. The van der Waals surface area contributed by atoms with E-state index < -0.39 is 41.6 Å². The Labute approximate surface area is 317 Å². The van der Waals surface area contributed by atoms with Crippen molar-refractivity contribution in [2.75, 3.05) is 26.4 Å². The molecule has 0 aliphatic rings. The first-order chi connectivity index (χ1) is 19.3. The smallest absolute Gasteiger partial charge is 0.726 e. The van der Waals surface area contributed by atoms with E-state index in [1.165, 1.54) is 22.7 Å². The Balaban J connectivity index is -0.000000735. The molecule has 16 nitrogen and oxygen atoms in total. The van der Waals surface area contributed by atoms with E-state index in [-0.39, 0.29) is 93.0 Å². The molecule has 2 aromatic heterocycles. The third-order valence-electron chi connectivity index (χ3n) is 4.95. The molecule has 0 atom stereocenters. The Hall–Kier alpha value is 0.880. The Kier molecular flexibility index (Phi) is 27.8. The Bertz CT molecular complexity index is 1280. The minimum atomic E-state index is -4.66. The molecular weight excluding hydrogens is 747 g/mol. The fourth-order valence-corrected chi connectivity index (χ4v) is 6.45. The maximum Gasteiger partial charge on any atom is 1.00 e. The predicted octanol–water partition coefficient (Wildman–Crippen LogP) is -3.54. The third-order valence-corrected chi connectivity index (χ3v) is 8.47. The van der Waals surface area contributed by atoms with Gasteiger partial charge in [-0.05, 0) is 95.1 Å². The van der Waals surface area contributed by atoms with Crippen LogP contribution in [0.3, 0.4) is 0 Å². The largest absolute Gasteiger partial charge is 1.00 e. The first-order valence-electron chi connectivity index (χ1n) is 11.9. The number of hydrogen-bond acceptors (Lipinski definition) is 16.